The number of amides is 1. The Labute approximate surface area is 208 Å². The molecule has 0 saturated carbocycles. The molecule has 1 amide bonds. The average Bonchev–Trinajstić information content (AvgIpc) is 3.31. The van der Waals surface area contributed by atoms with E-state index in [1.54, 1.807) is 50.4 Å². The van der Waals surface area contributed by atoms with E-state index in [0.717, 1.165) is 15.8 Å². The maximum atomic E-state index is 13.6. The highest BCUT2D eigenvalue weighted by Crippen LogP contribution is 2.33. The molecule has 0 saturated heterocycles. The normalized spacial score (nSPS) is 11.7. The number of aromatic nitrogens is 2. The lowest BCUT2D eigenvalue weighted by molar-refractivity contribution is 0.0985. The van der Waals surface area contributed by atoms with Gasteiger partial charge in [0, 0.05) is 31.0 Å². The second-order valence-electron chi connectivity index (χ2n) is 7.70. The smallest absolute Gasteiger partial charge is 0.260 e. The monoisotopic (exact) mass is 510 g/mol. The molecule has 0 aliphatic heterocycles. The van der Waals surface area contributed by atoms with Crippen LogP contribution in [0.2, 0.25) is 0 Å². The number of fused-ring (bicyclic) bond motifs is 1. The van der Waals surface area contributed by atoms with Crippen LogP contribution in [0.25, 0.3) is 10.2 Å². The second-order valence-corrected chi connectivity index (χ2v) is 10.6. The van der Waals surface area contributed by atoms with Crippen molar-refractivity contribution in [2.75, 3.05) is 25.1 Å². The molecule has 10 heteroatoms. The molecule has 0 N–H and O–H groups in total. The Bertz CT molecular complexity index is 1420. The quantitative estimate of drug-likeness (QED) is 0.327. The number of carbonyl (C=O) groups excluding carboxylic acids is 1. The van der Waals surface area contributed by atoms with Crippen molar-refractivity contribution in [3.63, 3.8) is 0 Å². The van der Waals surface area contributed by atoms with Crippen LogP contribution < -0.4 is 9.64 Å². The van der Waals surface area contributed by atoms with Gasteiger partial charge >= 0.3 is 0 Å². The summed E-state index contributed by atoms with van der Waals surface area (Å²) in [5.74, 6) is 0.425. The van der Waals surface area contributed by atoms with E-state index in [1.165, 1.54) is 27.8 Å². The maximum absolute atomic E-state index is 13.6. The fraction of sp³-hybridized carbons (Fsp3) is 0.240. The van der Waals surface area contributed by atoms with Gasteiger partial charge in [0.15, 0.2) is 5.13 Å². The molecule has 4 aromatic rings. The van der Waals surface area contributed by atoms with Crippen LogP contribution in [0.15, 0.2) is 71.9 Å². The molecule has 35 heavy (non-hydrogen) atoms. The van der Waals surface area contributed by atoms with E-state index in [0.29, 0.717) is 29.5 Å². The van der Waals surface area contributed by atoms with Gasteiger partial charge in [0.25, 0.3) is 5.91 Å². The summed E-state index contributed by atoms with van der Waals surface area (Å²) in [4.78, 5) is 24.2. The van der Waals surface area contributed by atoms with Gasteiger partial charge in [-0.15, -0.1) is 0 Å². The number of benzene rings is 2. The highest BCUT2D eigenvalue weighted by atomic mass is 32.2. The Morgan fingerprint density at radius 3 is 2.43 bits per heavy atom. The fourth-order valence-corrected chi connectivity index (χ4v) is 6.12. The van der Waals surface area contributed by atoms with Crippen LogP contribution in [0.4, 0.5) is 5.13 Å². The van der Waals surface area contributed by atoms with Crippen molar-refractivity contribution < 1.29 is 17.9 Å². The summed E-state index contributed by atoms with van der Waals surface area (Å²) in [6.07, 6.45) is 3.38. The van der Waals surface area contributed by atoms with E-state index < -0.39 is 10.0 Å². The third kappa shape index (κ3) is 5.19. The molecular formula is C25H26N4O4S2. The maximum Gasteiger partial charge on any atom is 0.260 e. The molecule has 0 atom stereocenters. The topological polar surface area (TPSA) is 92.7 Å². The zero-order valence-electron chi connectivity index (χ0n) is 19.7. The lowest BCUT2D eigenvalue weighted by Gasteiger charge is -2.21. The highest BCUT2D eigenvalue weighted by Gasteiger charge is 2.25. The molecule has 4 rings (SSSR count). The van der Waals surface area contributed by atoms with Gasteiger partial charge in [0.1, 0.15) is 5.75 Å². The van der Waals surface area contributed by atoms with E-state index in [1.807, 2.05) is 30.3 Å². The van der Waals surface area contributed by atoms with Crippen molar-refractivity contribution in [2.24, 2.45) is 0 Å². The van der Waals surface area contributed by atoms with Gasteiger partial charge in [-0.25, -0.2) is 13.4 Å². The minimum atomic E-state index is -3.61. The Balaban J connectivity index is 1.70. The number of hydrogen-bond acceptors (Lipinski definition) is 7. The van der Waals surface area contributed by atoms with Crippen molar-refractivity contribution in [1.82, 2.24) is 14.3 Å². The molecule has 0 bridgehead atoms. The first-order valence-corrected chi connectivity index (χ1v) is 13.4. The van der Waals surface area contributed by atoms with Crippen LogP contribution in [0.3, 0.4) is 0 Å². The van der Waals surface area contributed by atoms with Crippen molar-refractivity contribution in [3.8, 4) is 5.75 Å². The number of hydrogen-bond donors (Lipinski definition) is 0. The van der Waals surface area contributed by atoms with Gasteiger partial charge in [0.2, 0.25) is 10.0 Å². The standard InChI is InChI=1S/C25H26N4O4S2/c1-4-28(5-2)35(31,32)21-11-8-19(9-12-21)24(30)29(17-18-7-6-14-26-16-18)25-27-22-13-10-20(33-3)15-23(22)34-25/h6-16H,4-5,17H2,1-3H3. The van der Waals surface area contributed by atoms with Crippen LogP contribution in [0, 0.1) is 0 Å². The van der Waals surface area contributed by atoms with Gasteiger partial charge in [-0.1, -0.05) is 31.3 Å². The van der Waals surface area contributed by atoms with Crippen LogP contribution in [0.5, 0.6) is 5.75 Å². The Kier molecular flexibility index (Phi) is 7.44. The number of ether oxygens (including phenoxy) is 1. The van der Waals surface area contributed by atoms with E-state index in [9.17, 15) is 13.2 Å². The number of pyridine rings is 1. The Morgan fingerprint density at radius 2 is 1.80 bits per heavy atom. The van der Waals surface area contributed by atoms with Crippen molar-refractivity contribution in [3.05, 3.63) is 78.1 Å². The van der Waals surface area contributed by atoms with E-state index in [2.05, 4.69) is 9.97 Å². The SMILES string of the molecule is CCN(CC)S(=O)(=O)c1ccc(C(=O)N(Cc2cccnc2)c2nc3ccc(OC)cc3s2)cc1. The molecule has 2 heterocycles. The molecular weight excluding hydrogens is 484 g/mol. The molecule has 0 fully saturated rings. The molecule has 0 unspecified atom stereocenters. The molecule has 2 aromatic carbocycles. The summed E-state index contributed by atoms with van der Waals surface area (Å²) in [5.41, 5.74) is 1.97. The summed E-state index contributed by atoms with van der Waals surface area (Å²) in [6.45, 7) is 4.61. The average molecular weight is 511 g/mol. The largest absolute Gasteiger partial charge is 0.497 e. The van der Waals surface area contributed by atoms with E-state index in [4.69, 9.17) is 4.74 Å². The van der Waals surface area contributed by atoms with Crippen LogP contribution >= 0.6 is 11.3 Å². The van der Waals surface area contributed by atoms with E-state index >= 15 is 0 Å². The van der Waals surface area contributed by atoms with Gasteiger partial charge in [-0.2, -0.15) is 4.31 Å². The number of methoxy groups -OCH3 is 1. The van der Waals surface area contributed by atoms with Crippen molar-refractivity contribution >= 4 is 42.6 Å². The lowest BCUT2D eigenvalue weighted by Crippen LogP contribution is -2.31. The predicted molar refractivity (Wildman–Crippen MR) is 137 cm³/mol. The van der Waals surface area contributed by atoms with Crippen molar-refractivity contribution in [1.29, 1.82) is 0 Å². The van der Waals surface area contributed by atoms with Crippen molar-refractivity contribution in [2.45, 2.75) is 25.3 Å². The molecule has 0 spiro atoms. The molecule has 8 nitrogen and oxygen atoms in total. The van der Waals surface area contributed by atoms with Gasteiger partial charge in [-0.05, 0) is 54.1 Å². The summed E-state index contributed by atoms with van der Waals surface area (Å²) < 4.78 is 33.2. The minimum absolute atomic E-state index is 0.156. The summed E-state index contributed by atoms with van der Waals surface area (Å²) in [5, 5.41) is 0.530. The molecule has 2 aromatic heterocycles. The van der Waals surface area contributed by atoms with E-state index in [-0.39, 0.29) is 17.3 Å². The Hall–Kier alpha value is -3.34. The zero-order valence-corrected chi connectivity index (χ0v) is 21.3. The number of carbonyl (C=O) groups is 1. The first-order valence-electron chi connectivity index (χ1n) is 11.1. The first kappa shape index (κ1) is 24.8. The molecule has 0 radical (unpaired) electrons. The van der Waals surface area contributed by atoms with Gasteiger partial charge in [0.05, 0.1) is 28.8 Å². The number of nitrogens with zero attached hydrogens (tertiary/aromatic N) is 4. The molecule has 182 valence electrons. The summed E-state index contributed by atoms with van der Waals surface area (Å²) in [6, 6.07) is 15.3. The minimum Gasteiger partial charge on any atom is -0.497 e. The predicted octanol–water partition coefficient (Wildman–Crippen LogP) is 4.58. The first-order chi connectivity index (χ1) is 16.9. The molecule has 0 aliphatic carbocycles. The number of rotatable bonds is 9. The van der Waals surface area contributed by atoms with Crippen LogP contribution in [0.1, 0.15) is 29.8 Å². The van der Waals surface area contributed by atoms with Gasteiger partial charge in [-0.3, -0.25) is 14.7 Å². The second kappa shape index (κ2) is 10.5. The third-order valence-corrected chi connectivity index (χ3v) is 8.67. The lowest BCUT2D eigenvalue weighted by atomic mass is 10.2. The summed E-state index contributed by atoms with van der Waals surface area (Å²) >= 11 is 1.39. The van der Waals surface area contributed by atoms with Crippen LogP contribution in [-0.2, 0) is 16.6 Å². The highest BCUT2D eigenvalue weighted by molar-refractivity contribution is 7.89. The third-order valence-electron chi connectivity index (χ3n) is 5.57. The zero-order chi connectivity index (χ0) is 25.0. The summed E-state index contributed by atoms with van der Waals surface area (Å²) in [7, 11) is -2.01. The fourth-order valence-electron chi connectivity index (χ4n) is 3.67. The number of sulfonamides is 1. The number of anilines is 1. The molecule has 0 aliphatic rings. The number of thiazole rings is 1. The Morgan fingerprint density at radius 1 is 1.06 bits per heavy atom. The van der Waals surface area contributed by atoms with Gasteiger partial charge < -0.3 is 4.74 Å². The van der Waals surface area contributed by atoms with Crippen LogP contribution in [-0.4, -0.2) is 48.8 Å².